The summed E-state index contributed by atoms with van der Waals surface area (Å²) in [6, 6.07) is 10.3. The fraction of sp³-hybridized carbons (Fsp3) is 0.200. The number of benzene rings is 1. The summed E-state index contributed by atoms with van der Waals surface area (Å²) in [5.74, 6) is 0.910. The van der Waals surface area contributed by atoms with E-state index in [9.17, 15) is 0 Å². The maximum Gasteiger partial charge on any atom is 0.143 e. The van der Waals surface area contributed by atoms with Crippen LogP contribution < -0.4 is 0 Å². The quantitative estimate of drug-likeness (QED) is 0.711. The van der Waals surface area contributed by atoms with Crippen LogP contribution in [0, 0.1) is 11.3 Å². The van der Waals surface area contributed by atoms with Crippen LogP contribution in [-0.2, 0) is 0 Å². The standard InChI is InChI=1S/C15H11N5/c16-8-10-1-4-14-13(7-10)19-15(20(14)12-2-3-12)11-5-6-17-18-9-11/h1,4-7,9,12H,2-3H2. The first-order chi connectivity index (χ1) is 9.86. The second-order valence-corrected chi connectivity index (χ2v) is 4.98. The number of imidazole rings is 1. The van der Waals surface area contributed by atoms with Crippen LogP contribution in [0.15, 0.2) is 36.7 Å². The lowest BCUT2D eigenvalue weighted by molar-refractivity contribution is 0.774. The zero-order valence-electron chi connectivity index (χ0n) is 10.7. The number of nitrogens with zero attached hydrogens (tertiary/aromatic N) is 5. The molecule has 5 heteroatoms. The van der Waals surface area contributed by atoms with Crippen molar-refractivity contribution in [1.29, 1.82) is 5.26 Å². The van der Waals surface area contributed by atoms with Gasteiger partial charge in [-0.25, -0.2) is 4.98 Å². The Bertz CT molecular complexity index is 825. The highest BCUT2D eigenvalue weighted by atomic mass is 15.1. The molecule has 1 aromatic carbocycles. The van der Waals surface area contributed by atoms with Gasteiger partial charge in [0.1, 0.15) is 5.82 Å². The summed E-state index contributed by atoms with van der Waals surface area (Å²) in [5.41, 5.74) is 3.54. The van der Waals surface area contributed by atoms with E-state index in [1.165, 1.54) is 12.8 Å². The third kappa shape index (κ3) is 1.66. The minimum Gasteiger partial charge on any atom is -0.321 e. The molecular weight excluding hydrogens is 250 g/mol. The molecule has 1 fully saturated rings. The third-order valence-corrected chi connectivity index (χ3v) is 3.57. The number of hydrogen-bond acceptors (Lipinski definition) is 4. The fourth-order valence-electron chi connectivity index (χ4n) is 2.50. The Hall–Kier alpha value is -2.74. The first kappa shape index (κ1) is 11.1. The summed E-state index contributed by atoms with van der Waals surface area (Å²) in [5, 5.41) is 16.8. The van der Waals surface area contributed by atoms with Gasteiger partial charge in [-0.15, -0.1) is 0 Å². The molecule has 0 unspecified atom stereocenters. The van der Waals surface area contributed by atoms with Crippen molar-refractivity contribution in [3.05, 3.63) is 42.2 Å². The van der Waals surface area contributed by atoms with E-state index in [4.69, 9.17) is 10.2 Å². The Morgan fingerprint density at radius 3 is 2.80 bits per heavy atom. The summed E-state index contributed by atoms with van der Waals surface area (Å²) in [7, 11) is 0. The highest BCUT2D eigenvalue weighted by Gasteiger charge is 2.28. The molecule has 2 aromatic heterocycles. The largest absolute Gasteiger partial charge is 0.321 e. The van der Waals surface area contributed by atoms with Crippen LogP contribution in [-0.4, -0.2) is 19.7 Å². The zero-order chi connectivity index (χ0) is 13.5. The van der Waals surface area contributed by atoms with Gasteiger partial charge in [0, 0.05) is 11.6 Å². The van der Waals surface area contributed by atoms with E-state index in [1.54, 1.807) is 12.4 Å². The molecule has 1 aliphatic carbocycles. The summed E-state index contributed by atoms with van der Waals surface area (Å²) >= 11 is 0. The van der Waals surface area contributed by atoms with Crippen LogP contribution >= 0.6 is 0 Å². The third-order valence-electron chi connectivity index (χ3n) is 3.57. The Balaban J connectivity index is 2.00. The van der Waals surface area contributed by atoms with E-state index >= 15 is 0 Å². The van der Waals surface area contributed by atoms with Crippen molar-refractivity contribution in [2.45, 2.75) is 18.9 Å². The molecule has 0 spiro atoms. The summed E-state index contributed by atoms with van der Waals surface area (Å²) < 4.78 is 2.26. The van der Waals surface area contributed by atoms with Crippen molar-refractivity contribution < 1.29 is 0 Å². The van der Waals surface area contributed by atoms with Crippen LogP contribution in [0.2, 0.25) is 0 Å². The number of hydrogen-bond donors (Lipinski definition) is 0. The van der Waals surface area contributed by atoms with Crippen molar-refractivity contribution >= 4 is 11.0 Å². The molecule has 20 heavy (non-hydrogen) atoms. The molecule has 1 saturated carbocycles. The van der Waals surface area contributed by atoms with Gasteiger partial charge in [0.25, 0.3) is 0 Å². The molecule has 0 atom stereocenters. The van der Waals surface area contributed by atoms with Crippen LogP contribution in [0.25, 0.3) is 22.4 Å². The van der Waals surface area contributed by atoms with Crippen LogP contribution in [0.5, 0.6) is 0 Å². The van der Waals surface area contributed by atoms with Crippen molar-refractivity contribution in [3.63, 3.8) is 0 Å². The van der Waals surface area contributed by atoms with Gasteiger partial charge < -0.3 is 4.57 Å². The number of fused-ring (bicyclic) bond motifs is 1. The molecule has 3 aromatic rings. The first-order valence-corrected chi connectivity index (χ1v) is 6.56. The van der Waals surface area contributed by atoms with Crippen molar-refractivity contribution in [3.8, 4) is 17.5 Å². The van der Waals surface area contributed by atoms with E-state index in [0.717, 1.165) is 22.4 Å². The van der Waals surface area contributed by atoms with E-state index in [2.05, 4.69) is 20.8 Å². The molecule has 5 nitrogen and oxygen atoms in total. The molecule has 0 amide bonds. The SMILES string of the molecule is N#Cc1ccc2c(c1)nc(-c1ccnnc1)n2C1CC1. The van der Waals surface area contributed by atoms with E-state index in [-0.39, 0.29) is 0 Å². The maximum atomic E-state index is 9.01. The highest BCUT2D eigenvalue weighted by molar-refractivity contribution is 5.82. The molecule has 0 bridgehead atoms. The van der Waals surface area contributed by atoms with E-state index in [0.29, 0.717) is 11.6 Å². The van der Waals surface area contributed by atoms with Crippen molar-refractivity contribution in [2.24, 2.45) is 0 Å². The highest BCUT2D eigenvalue weighted by Crippen LogP contribution is 2.41. The fourth-order valence-corrected chi connectivity index (χ4v) is 2.50. The van der Waals surface area contributed by atoms with Gasteiger partial charge in [-0.2, -0.15) is 15.5 Å². The lowest BCUT2D eigenvalue weighted by atomic mass is 10.2. The van der Waals surface area contributed by atoms with Gasteiger partial charge in [0.05, 0.1) is 35.1 Å². The van der Waals surface area contributed by atoms with Gasteiger partial charge >= 0.3 is 0 Å². The van der Waals surface area contributed by atoms with E-state index in [1.807, 2.05) is 24.3 Å². The molecule has 0 N–H and O–H groups in total. The summed E-state index contributed by atoms with van der Waals surface area (Å²) in [4.78, 5) is 4.70. The molecular formula is C15H11N5. The van der Waals surface area contributed by atoms with Gasteiger partial charge in [0.2, 0.25) is 0 Å². The van der Waals surface area contributed by atoms with Crippen LogP contribution in [0.1, 0.15) is 24.4 Å². The first-order valence-electron chi connectivity index (χ1n) is 6.56. The average Bonchev–Trinajstić information content (AvgIpc) is 3.27. The second-order valence-electron chi connectivity index (χ2n) is 4.98. The number of rotatable bonds is 2. The monoisotopic (exact) mass is 261 g/mol. The minimum absolute atomic E-state index is 0.510. The second kappa shape index (κ2) is 4.14. The predicted octanol–water partition coefficient (Wildman–Crippen LogP) is 2.70. The Kier molecular flexibility index (Phi) is 2.30. The molecule has 96 valence electrons. The Labute approximate surface area is 115 Å². The smallest absolute Gasteiger partial charge is 0.143 e. The molecule has 0 aliphatic heterocycles. The molecule has 0 radical (unpaired) electrons. The lowest BCUT2D eigenvalue weighted by Crippen LogP contribution is -1.97. The summed E-state index contributed by atoms with van der Waals surface area (Å²) in [6.45, 7) is 0. The Morgan fingerprint density at radius 1 is 1.20 bits per heavy atom. The number of nitriles is 1. The zero-order valence-corrected chi connectivity index (χ0v) is 10.7. The van der Waals surface area contributed by atoms with E-state index < -0.39 is 0 Å². The Morgan fingerprint density at radius 2 is 2.10 bits per heavy atom. The maximum absolute atomic E-state index is 9.01. The minimum atomic E-state index is 0.510. The summed E-state index contributed by atoms with van der Waals surface area (Å²) in [6.07, 6.45) is 5.76. The van der Waals surface area contributed by atoms with Crippen LogP contribution in [0.4, 0.5) is 0 Å². The topological polar surface area (TPSA) is 67.4 Å². The van der Waals surface area contributed by atoms with Gasteiger partial charge in [0.15, 0.2) is 0 Å². The molecule has 4 rings (SSSR count). The van der Waals surface area contributed by atoms with Crippen molar-refractivity contribution in [2.75, 3.05) is 0 Å². The molecule has 1 aliphatic rings. The number of aromatic nitrogens is 4. The van der Waals surface area contributed by atoms with Gasteiger partial charge in [-0.05, 0) is 37.1 Å². The average molecular weight is 261 g/mol. The van der Waals surface area contributed by atoms with Crippen molar-refractivity contribution in [1.82, 2.24) is 19.7 Å². The van der Waals surface area contributed by atoms with Gasteiger partial charge in [-0.3, -0.25) is 0 Å². The predicted molar refractivity (Wildman–Crippen MR) is 73.7 cm³/mol. The normalized spacial score (nSPS) is 14.3. The van der Waals surface area contributed by atoms with Gasteiger partial charge in [-0.1, -0.05) is 0 Å². The molecule has 0 saturated heterocycles. The van der Waals surface area contributed by atoms with Crippen LogP contribution in [0.3, 0.4) is 0 Å². The lowest BCUT2D eigenvalue weighted by Gasteiger charge is -2.06. The molecule has 2 heterocycles.